The summed E-state index contributed by atoms with van der Waals surface area (Å²) in [6, 6.07) is 6.86. The van der Waals surface area contributed by atoms with Gasteiger partial charge in [-0.1, -0.05) is 6.07 Å². The van der Waals surface area contributed by atoms with E-state index in [-0.39, 0.29) is 36.1 Å². The van der Waals surface area contributed by atoms with Gasteiger partial charge in [-0.05, 0) is 30.9 Å². The minimum atomic E-state index is -0.402. The average Bonchev–Trinajstić information content (AvgIpc) is 3.52. The molecule has 2 aromatic rings. The van der Waals surface area contributed by atoms with E-state index in [2.05, 4.69) is 20.2 Å². The Labute approximate surface area is 168 Å². The van der Waals surface area contributed by atoms with Gasteiger partial charge in [0.15, 0.2) is 0 Å². The van der Waals surface area contributed by atoms with E-state index in [1.54, 1.807) is 29.0 Å². The molecule has 1 amide bonds. The summed E-state index contributed by atoms with van der Waals surface area (Å²) in [7, 11) is 0. The summed E-state index contributed by atoms with van der Waals surface area (Å²) in [5.74, 6) is -0.0468. The molecule has 8 heteroatoms. The number of rotatable bonds is 6. The van der Waals surface area contributed by atoms with Crippen LogP contribution in [0.4, 0.5) is 0 Å². The maximum atomic E-state index is 13.3. The van der Waals surface area contributed by atoms with Gasteiger partial charge in [-0.2, -0.15) is 0 Å². The van der Waals surface area contributed by atoms with Gasteiger partial charge >= 0.3 is 0 Å². The summed E-state index contributed by atoms with van der Waals surface area (Å²) >= 11 is 0. The summed E-state index contributed by atoms with van der Waals surface area (Å²) in [5.41, 5.74) is 1.58. The van der Waals surface area contributed by atoms with Crippen LogP contribution >= 0.6 is 0 Å². The second kappa shape index (κ2) is 7.35. The molecule has 3 aliphatic rings. The molecule has 0 radical (unpaired) electrons. The van der Waals surface area contributed by atoms with Gasteiger partial charge in [0, 0.05) is 49.6 Å². The molecule has 4 atom stereocenters. The highest BCUT2D eigenvalue weighted by atomic mass is 16.3. The zero-order valence-electron chi connectivity index (χ0n) is 16.1. The standard InChI is InChI=1S/C21H25N5O3/c27-11-15-17-10-25-16(2-1-3-18(25)28)20(26(17)9-13-4-5-13)19(15)21(29)23-8-14-6-7-22-12-24-14/h1-3,6-7,12-13,15,17,19-20,27H,4-5,8-11H2,(H,23,29)/t15-,17-,19+,20+/m1/s1. The fourth-order valence-electron chi connectivity index (χ4n) is 5.04. The lowest BCUT2D eigenvalue weighted by Crippen LogP contribution is -2.47. The van der Waals surface area contributed by atoms with E-state index in [4.69, 9.17) is 0 Å². The molecule has 1 aliphatic carbocycles. The number of hydrogen-bond acceptors (Lipinski definition) is 6. The molecule has 152 valence electrons. The number of nitrogens with one attached hydrogen (secondary N) is 1. The van der Waals surface area contributed by atoms with Crippen LogP contribution < -0.4 is 10.9 Å². The molecule has 1 saturated heterocycles. The van der Waals surface area contributed by atoms with Crippen molar-refractivity contribution in [3.05, 3.63) is 58.5 Å². The first-order valence-corrected chi connectivity index (χ1v) is 10.3. The largest absolute Gasteiger partial charge is 0.396 e. The van der Waals surface area contributed by atoms with Crippen molar-refractivity contribution in [2.75, 3.05) is 13.2 Å². The highest BCUT2D eigenvalue weighted by molar-refractivity contribution is 5.80. The maximum absolute atomic E-state index is 13.3. The first-order chi connectivity index (χ1) is 14.2. The number of hydrogen-bond donors (Lipinski definition) is 2. The number of carbonyl (C=O) groups excluding carboxylic acids is 1. The molecule has 2 N–H and O–H groups in total. The van der Waals surface area contributed by atoms with Crippen LogP contribution in [0, 0.1) is 17.8 Å². The Bertz CT molecular complexity index is 958. The third-order valence-corrected chi connectivity index (χ3v) is 6.60. The molecule has 2 bridgehead atoms. The highest BCUT2D eigenvalue weighted by Crippen LogP contribution is 2.49. The van der Waals surface area contributed by atoms with Crippen LogP contribution in [-0.2, 0) is 17.9 Å². The SMILES string of the molecule is O=C(NCc1ccncn1)[C@H]1[C@H](CO)[C@H]2Cn3c(cccc3=O)[C@@H]1N2CC1CC1. The van der Waals surface area contributed by atoms with Crippen molar-refractivity contribution in [3.8, 4) is 0 Å². The Hall–Kier alpha value is -2.58. The summed E-state index contributed by atoms with van der Waals surface area (Å²) in [5, 5.41) is 13.2. The number of aromatic nitrogens is 3. The van der Waals surface area contributed by atoms with Gasteiger partial charge in [-0.25, -0.2) is 9.97 Å². The Morgan fingerprint density at radius 2 is 2.14 bits per heavy atom. The zero-order valence-corrected chi connectivity index (χ0v) is 16.1. The average molecular weight is 395 g/mol. The fraction of sp³-hybridized carbons (Fsp3) is 0.524. The number of aliphatic hydroxyl groups is 1. The van der Waals surface area contributed by atoms with Crippen molar-refractivity contribution in [3.63, 3.8) is 0 Å². The first kappa shape index (κ1) is 18.4. The number of amides is 1. The Morgan fingerprint density at radius 3 is 2.86 bits per heavy atom. The van der Waals surface area contributed by atoms with Crippen LogP contribution in [0.2, 0.25) is 0 Å². The number of nitrogens with zero attached hydrogens (tertiary/aromatic N) is 4. The third-order valence-electron chi connectivity index (χ3n) is 6.60. The molecule has 2 aliphatic heterocycles. The van der Waals surface area contributed by atoms with Gasteiger partial charge in [0.1, 0.15) is 6.33 Å². The van der Waals surface area contributed by atoms with E-state index >= 15 is 0 Å². The predicted molar refractivity (Wildman–Crippen MR) is 105 cm³/mol. The fourth-order valence-corrected chi connectivity index (χ4v) is 5.04. The molecule has 0 aromatic carbocycles. The van der Waals surface area contributed by atoms with Crippen molar-refractivity contribution >= 4 is 5.91 Å². The second-order valence-electron chi connectivity index (χ2n) is 8.34. The number of carbonyl (C=O) groups is 1. The maximum Gasteiger partial charge on any atom is 0.250 e. The monoisotopic (exact) mass is 395 g/mol. The van der Waals surface area contributed by atoms with E-state index in [0.717, 1.165) is 17.9 Å². The minimum Gasteiger partial charge on any atom is -0.396 e. The lowest BCUT2D eigenvalue weighted by atomic mass is 9.86. The Balaban J connectivity index is 1.47. The molecular weight excluding hydrogens is 370 g/mol. The van der Waals surface area contributed by atoms with Crippen LogP contribution in [0.3, 0.4) is 0 Å². The second-order valence-corrected chi connectivity index (χ2v) is 8.34. The zero-order chi connectivity index (χ0) is 20.0. The van der Waals surface area contributed by atoms with E-state index in [1.807, 2.05) is 6.07 Å². The first-order valence-electron chi connectivity index (χ1n) is 10.3. The molecule has 1 saturated carbocycles. The summed E-state index contributed by atoms with van der Waals surface area (Å²) in [6.07, 6.45) is 5.53. The molecule has 8 nitrogen and oxygen atoms in total. The van der Waals surface area contributed by atoms with Crippen LogP contribution in [0.5, 0.6) is 0 Å². The van der Waals surface area contributed by atoms with E-state index < -0.39 is 5.92 Å². The van der Waals surface area contributed by atoms with E-state index in [9.17, 15) is 14.7 Å². The minimum absolute atomic E-state index is 0.00648. The van der Waals surface area contributed by atoms with Crippen LogP contribution in [0.15, 0.2) is 41.6 Å². The quantitative estimate of drug-likeness (QED) is 0.731. The van der Waals surface area contributed by atoms with Gasteiger partial charge < -0.3 is 15.0 Å². The molecule has 0 spiro atoms. The highest BCUT2D eigenvalue weighted by Gasteiger charge is 2.56. The lowest BCUT2D eigenvalue weighted by Gasteiger charge is -2.38. The van der Waals surface area contributed by atoms with Gasteiger partial charge in [0.05, 0.1) is 24.2 Å². The van der Waals surface area contributed by atoms with Gasteiger partial charge in [-0.15, -0.1) is 0 Å². The van der Waals surface area contributed by atoms with Gasteiger partial charge in [0.2, 0.25) is 5.91 Å². The molecule has 29 heavy (non-hydrogen) atoms. The van der Waals surface area contributed by atoms with Crippen LogP contribution in [-0.4, -0.2) is 49.6 Å². The molecule has 4 heterocycles. The van der Waals surface area contributed by atoms with Gasteiger partial charge in [0.25, 0.3) is 5.56 Å². The summed E-state index contributed by atoms with van der Waals surface area (Å²) < 4.78 is 1.79. The number of pyridine rings is 1. The smallest absolute Gasteiger partial charge is 0.250 e. The Kier molecular flexibility index (Phi) is 4.67. The van der Waals surface area contributed by atoms with E-state index in [1.165, 1.54) is 19.2 Å². The van der Waals surface area contributed by atoms with Crippen molar-refractivity contribution in [1.82, 2.24) is 24.8 Å². The summed E-state index contributed by atoms with van der Waals surface area (Å²) in [4.78, 5) is 36.2. The van der Waals surface area contributed by atoms with Crippen molar-refractivity contribution in [1.29, 1.82) is 0 Å². The van der Waals surface area contributed by atoms with Crippen LogP contribution in [0.25, 0.3) is 0 Å². The predicted octanol–water partition coefficient (Wildman–Crippen LogP) is 0.328. The van der Waals surface area contributed by atoms with Crippen molar-refractivity contribution in [2.24, 2.45) is 17.8 Å². The molecule has 2 fully saturated rings. The normalized spacial score (nSPS) is 28.2. The van der Waals surface area contributed by atoms with Crippen LogP contribution in [0.1, 0.15) is 30.3 Å². The van der Waals surface area contributed by atoms with Crippen molar-refractivity contribution in [2.45, 2.75) is 38.0 Å². The molecule has 0 unspecified atom stereocenters. The number of fused-ring (bicyclic) bond motifs is 4. The molecule has 2 aromatic heterocycles. The Morgan fingerprint density at radius 1 is 1.28 bits per heavy atom. The molecule has 5 rings (SSSR count). The van der Waals surface area contributed by atoms with Crippen molar-refractivity contribution < 1.29 is 9.90 Å². The van der Waals surface area contributed by atoms with Gasteiger partial charge in [-0.3, -0.25) is 14.5 Å². The summed E-state index contributed by atoms with van der Waals surface area (Å²) in [6.45, 7) is 1.69. The third kappa shape index (κ3) is 3.26. The van der Waals surface area contributed by atoms with E-state index in [0.29, 0.717) is 19.0 Å². The molecular formula is C21H25N5O3. The number of aliphatic hydroxyl groups excluding tert-OH is 1. The topological polar surface area (TPSA) is 100 Å². The lowest BCUT2D eigenvalue weighted by molar-refractivity contribution is -0.127.